The van der Waals surface area contributed by atoms with Crippen molar-refractivity contribution < 1.29 is 18.7 Å². The van der Waals surface area contributed by atoms with E-state index < -0.39 is 11.6 Å². The van der Waals surface area contributed by atoms with Crippen LogP contribution >= 0.6 is 11.3 Å². The van der Waals surface area contributed by atoms with Gasteiger partial charge in [0.25, 0.3) is 0 Å². The Bertz CT molecular complexity index is 1960. The molecule has 216 valence electrons. The second-order valence-corrected chi connectivity index (χ2v) is 12.8. The number of aromatic nitrogens is 2. The predicted molar refractivity (Wildman–Crippen MR) is 167 cm³/mol. The molecule has 0 amide bonds. The van der Waals surface area contributed by atoms with E-state index in [1.165, 1.54) is 6.07 Å². The lowest BCUT2D eigenvalue weighted by atomic mass is 9.91. The number of nitriles is 1. The van der Waals surface area contributed by atoms with Gasteiger partial charge in [0.2, 0.25) is 5.89 Å². The van der Waals surface area contributed by atoms with Crippen LogP contribution in [-0.4, -0.2) is 33.9 Å². The Morgan fingerprint density at radius 1 is 1.07 bits per heavy atom. The summed E-state index contributed by atoms with van der Waals surface area (Å²) >= 11 is 1.64. The number of rotatable bonds is 5. The molecule has 1 aliphatic heterocycles. The van der Waals surface area contributed by atoms with Crippen LogP contribution in [0.3, 0.4) is 0 Å². The van der Waals surface area contributed by atoms with E-state index in [9.17, 15) is 14.9 Å². The van der Waals surface area contributed by atoms with E-state index >= 15 is 0 Å². The molecule has 9 heteroatoms. The molecule has 0 bridgehead atoms. The van der Waals surface area contributed by atoms with Crippen LogP contribution in [0, 0.1) is 25.2 Å². The number of nitrogens with zero attached hydrogens (tertiary/aromatic N) is 3. The highest BCUT2D eigenvalue weighted by Crippen LogP contribution is 2.41. The molecule has 1 aliphatic rings. The molecule has 0 saturated carbocycles. The van der Waals surface area contributed by atoms with Gasteiger partial charge in [-0.2, -0.15) is 5.26 Å². The molecule has 3 aromatic carbocycles. The molecule has 3 heterocycles. The van der Waals surface area contributed by atoms with Crippen molar-refractivity contribution >= 4 is 40.5 Å². The number of anilines is 1. The summed E-state index contributed by atoms with van der Waals surface area (Å²) in [5.74, 6) is 0.879. The number of fused-ring (bicyclic) bond motifs is 2. The van der Waals surface area contributed by atoms with Gasteiger partial charge < -0.3 is 14.5 Å². The number of nitrogens with one attached hydrogen (secondary N) is 1. The molecule has 0 saturated heterocycles. The Labute approximate surface area is 253 Å². The fraction of sp³-hybridized carbons (Fsp3) is 0.265. The summed E-state index contributed by atoms with van der Waals surface area (Å²) in [6.45, 7) is 9.73. The van der Waals surface area contributed by atoms with Crippen LogP contribution in [0.25, 0.3) is 44.3 Å². The van der Waals surface area contributed by atoms with Crippen molar-refractivity contribution in [2.75, 3.05) is 5.32 Å². The van der Waals surface area contributed by atoms with E-state index in [0.29, 0.717) is 35.3 Å². The van der Waals surface area contributed by atoms with Crippen LogP contribution in [0.2, 0.25) is 0 Å². The zero-order valence-corrected chi connectivity index (χ0v) is 25.4. The van der Waals surface area contributed by atoms with E-state index in [1.807, 2.05) is 45.9 Å². The molecule has 2 aromatic heterocycles. The summed E-state index contributed by atoms with van der Waals surface area (Å²) in [5, 5.41) is 13.8. The van der Waals surface area contributed by atoms with Gasteiger partial charge in [0.1, 0.15) is 40.3 Å². The third kappa shape index (κ3) is 5.30. The molecule has 1 unspecified atom stereocenters. The van der Waals surface area contributed by atoms with Gasteiger partial charge in [-0.15, -0.1) is 11.3 Å². The number of thiazole rings is 1. The Morgan fingerprint density at radius 3 is 2.42 bits per heavy atom. The van der Waals surface area contributed by atoms with Crippen LogP contribution in [0.4, 0.5) is 5.82 Å². The van der Waals surface area contributed by atoms with Crippen molar-refractivity contribution in [2.45, 2.75) is 59.1 Å². The summed E-state index contributed by atoms with van der Waals surface area (Å²) in [7, 11) is 0. The number of aldehydes is 1. The lowest BCUT2D eigenvalue weighted by Crippen LogP contribution is -2.38. The number of benzene rings is 3. The average molecular weight is 591 g/mol. The Hall–Kier alpha value is -4.81. The number of hydrogen-bond donors (Lipinski definition) is 1. The van der Waals surface area contributed by atoms with Gasteiger partial charge in [-0.05, 0) is 87.9 Å². The summed E-state index contributed by atoms with van der Waals surface area (Å²) in [6, 6.07) is 17.0. The monoisotopic (exact) mass is 590 g/mol. The first kappa shape index (κ1) is 28.3. The lowest BCUT2D eigenvalue weighted by molar-refractivity contribution is -0.156. The van der Waals surface area contributed by atoms with E-state index in [2.05, 4.69) is 41.5 Å². The van der Waals surface area contributed by atoms with Gasteiger partial charge in [-0.25, -0.2) is 14.8 Å². The molecule has 0 radical (unpaired) electrons. The van der Waals surface area contributed by atoms with Gasteiger partial charge in [0.05, 0.1) is 5.56 Å². The quantitative estimate of drug-likeness (QED) is 0.164. The second-order valence-electron chi connectivity index (χ2n) is 11.7. The standard InChI is InChI=1S/C34H30N4O4S/c1-18-22(8-6-10-24(18)31-37-27-15-20(17-39)14-21(16-35)29(27)41-31)23-9-7-11-25(19(23)2)32-38-30-28(43-32)13-12-26(36-30)33(40)42-34(3,4)5/h6-11,14-15,17,26,36H,12-13H2,1-5H3. The summed E-state index contributed by atoms with van der Waals surface area (Å²) in [4.78, 5) is 34.7. The van der Waals surface area contributed by atoms with Crippen LogP contribution < -0.4 is 5.32 Å². The molecule has 0 fully saturated rings. The molecule has 1 atom stereocenters. The van der Waals surface area contributed by atoms with Crippen molar-refractivity contribution in [3.05, 3.63) is 75.7 Å². The smallest absolute Gasteiger partial charge is 0.329 e. The Balaban J connectivity index is 1.35. The fourth-order valence-electron chi connectivity index (χ4n) is 5.45. The highest BCUT2D eigenvalue weighted by Gasteiger charge is 2.31. The van der Waals surface area contributed by atoms with Gasteiger partial charge in [0.15, 0.2) is 5.58 Å². The van der Waals surface area contributed by atoms with E-state index in [0.717, 1.165) is 55.5 Å². The first-order valence-corrected chi connectivity index (χ1v) is 14.9. The highest BCUT2D eigenvalue weighted by atomic mass is 32.1. The largest absolute Gasteiger partial charge is 0.458 e. The van der Waals surface area contributed by atoms with E-state index in [4.69, 9.17) is 14.1 Å². The topological polar surface area (TPSA) is 118 Å². The normalized spacial score (nSPS) is 14.6. The molecule has 43 heavy (non-hydrogen) atoms. The Morgan fingerprint density at radius 2 is 1.74 bits per heavy atom. The van der Waals surface area contributed by atoms with Gasteiger partial charge in [-0.1, -0.05) is 30.3 Å². The number of carbonyl (C=O) groups excluding carboxylic acids is 2. The van der Waals surface area contributed by atoms with E-state index in [-0.39, 0.29) is 11.5 Å². The fourth-order valence-corrected chi connectivity index (χ4v) is 6.57. The number of hydrogen-bond acceptors (Lipinski definition) is 9. The second kappa shape index (κ2) is 10.8. The van der Waals surface area contributed by atoms with Crippen molar-refractivity contribution in [3.8, 4) is 39.2 Å². The number of oxazole rings is 1. The van der Waals surface area contributed by atoms with E-state index in [1.54, 1.807) is 17.4 Å². The summed E-state index contributed by atoms with van der Waals surface area (Å²) in [5.41, 5.74) is 6.90. The number of ether oxygens (including phenoxy) is 1. The maximum atomic E-state index is 12.7. The molecule has 0 spiro atoms. The third-order valence-electron chi connectivity index (χ3n) is 7.55. The molecular weight excluding hydrogens is 560 g/mol. The van der Waals surface area contributed by atoms with Gasteiger partial charge in [-0.3, -0.25) is 4.79 Å². The van der Waals surface area contributed by atoms with Crippen molar-refractivity contribution in [1.29, 1.82) is 5.26 Å². The lowest BCUT2D eigenvalue weighted by Gasteiger charge is -2.26. The molecule has 1 N–H and O–H groups in total. The van der Waals surface area contributed by atoms with Crippen molar-refractivity contribution in [3.63, 3.8) is 0 Å². The maximum Gasteiger partial charge on any atom is 0.329 e. The molecule has 0 aliphatic carbocycles. The summed E-state index contributed by atoms with van der Waals surface area (Å²) in [6.07, 6.45) is 2.12. The maximum absolute atomic E-state index is 12.7. The average Bonchev–Trinajstić information content (AvgIpc) is 3.60. The van der Waals surface area contributed by atoms with Crippen LogP contribution in [0.5, 0.6) is 0 Å². The van der Waals surface area contributed by atoms with Crippen LogP contribution in [-0.2, 0) is 16.0 Å². The minimum atomic E-state index is -0.542. The molecular formula is C34H30N4O4S. The predicted octanol–water partition coefficient (Wildman–Crippen LogP) is 7.65. The highest BCUT2D eigenvalue weighted by molar-refractivity contribution is 7.15. The molecule has 6 rings (SSSR count). The molecule has 5 aromatic rings. The third-order valence-corrected chi connectivity index (χ3v) is 8.70. The zero-order valence-electron chi connectivity index (χ0n) is 24.6. The zero-order chi connectivity index (χ0) is 30.5. The van der Waals surface area contributed by atoms with Crippen LogP contribution in [0.1, 0.15) is 59.1 Å². The SMILES string of the molecule is Cc1c(-c2nc3cc(C=O)cc(C#N)c3o2)cccc1-c1cccc(-c2nc3c(s2)CCC(C(=O)OC(C)(C)C)N3)c1C. The minimum absolute atomic E-state index is 0.256. The van der Waals surface area contributed by atoms with Gasteiger partial charge in [0, 0.05) is 21.6 Å². The molecule has 8 nitrogen and oxygen atoms in total. The van der Waals surface area contributed by atoms with Crippen molar-refractivity contribution in [1.82, 2.24) is 9.97 Å². The number of carbonyl (C=O) groups is 2. The van der Waals surface area contributed by atoms with Crippen LogP contribution in [0.15, 0.2) is 52.9 Å². The van der Waals surface area contributed by atoms with Gasteiger partial charge >= 0.3 is 5.97 Å². The number of aryl methyl sites for hydroxylation is 1. The first-order chi connectivity index (χ1) is 20.6. The number of esters is 1. The van der Waals surface area contributed by atoms with Crippen molar-refractivity contribution in [2.24, 2.45) is 0 Å². The minimum Gasteiger partial charge on any atom is -0.458 e. The summed E-state index contributed by atoms with van der Waals surface area (Å²) < 4.78 is 11.7. The first-order valence-electron chi connectivity index (χ1n) is 14.1. The Kier molecular flexibility index (Phi) is 7.10.